The maximum atomic E-state index is 5.42. The molecule has 4 nitrogen and oxygen atoms in total. The predicted octanol–water partition coefficient (Wildman–Crippen LogP) is 2.69. The molecule has 0 bridgehead atoms. The first-order chi connectivity index (χ1) is 9.40. The molecule has 19 heavy (non-hydrogen) atoms. The molecule has 104 valence electrons. The van der Waals surface area contributed by atoms with Gasteiger partial charge < -0.3 is 15.0 Å². The van der Waals surface area contributed by atoms with Gasteiger partial charge in [-0.3, -0.25) is 0 Å². The molecule has 1 aliphatic heterocycles. The summed E-state index contributed by atoms with van der Waals surface area (Å²) in [5.41, 5.74) is 5.29. The second-order valence-electron chi connectivity index (χ2n) is 5.38. The average molecular weight is 262 g/mol. The number of rotatable bonds is 6. The summed E-state index contributed by atoms with van der Waals surface area (Å²) in [5.74, 6) is 2.33. The Morgan fingerprint density at radius 3 is 3.16 bits per heavy atom. The number of nitrogens with one attached hydrogen (secondary N) is 2. The minimum absolute atomic E-state index is 0.600. The molecule has 0 fully saturated rings. The third-order valence-electron chi connectivity index (χ3n) is 4.09. The number of fused-ring (bicyclic) bond motifs is 3. The highest BCUT2D eigenvalue weighted by Gasteiger charge is 2.31. The molecule has 2 N–H and O–H groups in total. The van der Waals surface area contributed by atoms with Crippen LogP contribution in [-0.2, 0) is 6.42 Å². The van der Waals surface area contributed by atoms with Crippen LogP contribution in [0.1, 0.15) is 49.7 Å². The molecule has 0 saturated heterocycles. The lowest BCUT2D eigenvalue weighted by atomic mass is 9.96. The van der Waals surface area contributed by atoms with Gasteiger partial charge in [-0.05, 0) is 56.3 Å². The summed E-state index contributed by atoms with van der Waals surface area (Å²) in [6, 6.07) is 4.17. The molecule has 1 aromatic carbocycles. The van der Waals surface area contributed by atoms with Crippen LogP contribution in [0.5, 0.6) is 11.5 Å². The molecular formula is C15H22N2O2. The van der Waals surface area contributed by atoms with Crippen molar-refractivity contribution in [1.29, 1.82) is 0 Å². The van der Waals surface area contributed by atoms with Crippen molar-refractivity contribution in [3.63, 3.8) is 0 Å². The maximum Gasteiger partial charge on any atom is 0.199 e. The van der Waals surface area contributed by atoms with E-state index in [1.54, 1.807) is 0 Å². The van der Waals surface area contributed by atoms with E-state index >= 15 is 0 Å². The fourth-order valence-electron chi connectivity index (χ4n) is 3.04. The highest BCUT2D eigenvalue weighted by Crippen LogP contribution is 2.46. The SMILES string of the molecule is CCCCNCCC1CCc2ccc3c(c21)ONO3. The molecular weight excluding hydrogens is 240 g/mol. The van der Waals surface area contributed by atoms with Crippen LogP contribution < -0.4 is 20.6 Å². The molecule has 1 atom stereocenters. The Labute approximate surface area is 114 Å². The maximum absolute atomic E-state index is 5.42. The lowest BCUT2D eigenvalue weighted by Gasteiger charge is -2.13. The fraction of sp³-hybridized carbons (Fsp3) is 0.600. The van der Waals surface area contributed by atoms with E-state index in [9.17, 15) is 0 Å². The van der Waals surface area contributed by atoms with E-state index in [-0.39, 0.29) is 0 Å². The van der Waals surface area contributed by atoms with Crippen LogP contribution in [0.2, 0.25) is 0 Å². The number of hydrogen-bond donors (Lipinski definition) is 2. The van der Waals surface area contributed by atoms with Crippen molar-refractivity contribution in [2.45, 2.75) is 44.9 Å². The van der Waals surface area contributed by atoms with Gasteiger partial charge in [0.25, 0.3) is 0 Å². The number of aryl methyl sites for hydroxylation is 1. The Kier molecular flexibility index (Phi) is 3.89. The summed E-state index contributed by atoms with van der Waals surface area (Å²) in [4.78, 5) is 10.7. The van der Waals surface area contributed by atoms with Crippen LogP contribution >= 0.6 is 0 Å². The lowest BCUT2D eigenvalue weighted by molar-refractivity contribution is 0.0254. The zero-order chi connectivity index (χ0) is 13.1. The van der Waals surface area contributed by atoms with Crippen LogP contribution in [-0.4, -0.2) is 13.1 Å². The van der Waals surface area contributed by atoms with E-state index in [2.05, 4.69) is 24.0 Å². The van der Waals surface area contributed by atoms with E-state index < -0.39 is 0 Å². The molecule has 0 aromatic heterocycles. The molecule has 1 heterocycles. The molecule has 1 unspecified atom stereocenters. The van der Waals surface area contributed by atoms with Gasteiger partial charge in [0, 0.05) is 11.2 Å². The van der Waals surface area contributed by atoms with Gasteiger partial charge in [-0.15, -0.1) is 0 Å². The highest BCUT2D eigenvalue weighted by atomic mass is 16.9. The van der Waals surface area contributed by atoms with E-state index in [4.69, 9.17) is 9.68 Å². The van der Waals surface area contributed by atoms with Crippen molar-refractivity contribution in [3.8, 4) is 11.5 Å². The van der Waals surface area contributed by atoms with Crippen LogP contribution in [0.15, 0.2) is 12.1 Å². The second kappa shape index (κ2) is 5.80. The van der Waals surface area contributed by atoms with Gasteiger partial charge in [-0.1, -0.05) is 19.4 Å². The molecule has 0 spiro atoms. The van der Waals surface area contributed by atoms with Crippen LogP contribution in [0, 0.1) is 0 Å². The predicted molar refractivity (Wildman–Crippen MR) is 74.3 cm³/mol. The molecule has 0 radical (unpaired) electrons. The standard InChI is InChI=1S/C15H22N2O2/c1-2-3-9-16-10-8-12-5-4-11-6-7-13-15(14(11)12)19-17-18-13/h6-7,12,16-17H,2-5,8-10H2,1H3. The van der Waals surface area contributed by atoms with Crippen LogP contribution in [0.4, 0.5) is 0 Å². The van der Waals surface area contributed by atoms with Crippen LogP contribution in [0.3, 0.4) is 0 Å². The Hall–Kier alpha value is -1.26. The van der Waals surface area contributed by atoms with E-state index in [1.807, 2.05) is 6.07 Å². The van der Waals surface area contributed by atoms with Gasteiger partial charge in [0.2, 0.25) is 0 Å². The number of hydrogen-bond acceptors (Lipinski definition) is 4. The minimum atomic E-state index is 0.600. The van der Waals surface area contributed by atoms with Crippen LogP contribution in [0.25, 0.3) is 0 Å². The van der Waals surface area contributed by atoms with Crippen molar-refractivity contribution in [2.24, 2.45) is 0 Å². The highest BCUT2D eigenvalue weighted by molar-refractivity contribution is 5.55. The third-order valence-corrected chi connectivity index (χ3v) is 4.09. The molecule has 0 saturated carbocycles. The van der Waals surface area contributed by atoms with E-state index in [0.29, 0.717) is 5.92 Å². The summed E-state index contributed by atoms with van der Waals surface area (Å²) >= 11 is 0. The lowest BCUT2D eigenvalue weighted by Crippen LogP contribution is -2.18. The second-order valence-corrected chi connectivity index (χ2v) is 5.38. The van der Waals surface area contributed by atoms with E-state index in [0.717, 1.165) is 31.0 Å². The molecule has 4 heteroatoms. The smallest absolute Gasteiger partial charge is 0.199 e. The van der Waals surface area contributed by atoms with Gasteiger partial charge in [0.15, 0.2) is 11.5 Å². The first-order valence-electron chi connectivity index (χ1n) is 7.35. The average Bonchev–Trinajstić information content (AvgIpc) is 3.03. The normalized spacial score (nSPS) is 19.7. The van der Waals surface area contributed by atoms with Gasteiger partial charge in [-0.2, -0.15) is 0 Å². The summed E-state index contributed by atoms with van der Waals surface area (Å²) in [7, 11) is 0. The van der Waals surface area contributed by atoms with Gasteiger partial charge >= 0.3 is 0 Å². The summed E-state index contributed by atoms with van der Waals surface area (Å²) in [6.45, 7) is 4.44. The van der Waals surface area contributed by atoms with Crippen molar-refractivity contribution in [3.05, 3.63) is 23.3 Å². The Balaban J connectivity index is 1.63. The van der Waals surface area contributed by atoms with Gasteiger partial charge in [0.1, 0.15) is 0 Å². The van der Waals surface area contributed by atoms with Crippen molar-refractivity contribution in [1.82, 2.24) is 11.0 Å². The van der Waals surface area contributed by atoms with Crippen molar-refractivity contribution < 1.29 is 9.68 Å². The monoisotopic (exact) mass is 262 g/mol. The minimum Gasteiger partial charge on any atom is -0.370 e. The Morgan fingerprint density at radius 1 is 1.32 bits per heavy atom. The first-order valence-corrected chi connectivity index (χ1v) is 7.35. The molecule has 3 rings (SSSR count). The Morgan fingerprint density at radius 2 is 2.26 bits per heavy atom. The van der Waals surface area contributed by atoms with Gasteiger partial charge in [-0.25, -0.2) is 0 Å². The van der Waals surface area contributed by atoms with E-state index in [1.165, 1.54) is 36.8 Å². The molecule has 1 aliphatic carbocycles. The summed E-state index contributed by atoms with van der Waals surface area (Å²) < 4.78 is 0. The number of benzene rings is 1. The zero-order valence-corrected chi connectivity index (χ0v) is 11.5. The fourth-order valence-corrected chi connectivity index (χ4v) is 3.04. The zero-order valence-electron chi connectivity index (χ0n) is 11.5. The third kappa shape index (κ3) is 2.55. The summed E-state index contributed by atoms with van der Waals surface area (Å²) in [5, 5.41) is 3.52. The topological polar surface area (TPSA) is 42.5 Å². The van der Waals surface area contributed by atoms with Crippen molar-refractivity contribution in [2.75, 3.05) is 13.1 Å². The largest absolute Gasteiger partial charge is 0.370 e. The summed E-state index contributed by atoms with van der Waals surface area (Å²) in [6.07, 6.45) is 6.08. The molecule has 1 aromatic rings. The molecule has 2 aliphatic rings. The van der Waals surface area contributed by atoms with Gasteiger partial charge in [0.05, 0.1) is 0 Å². The quantitative estimate of drug-likeness (QED) is 0.774. The number of unbranched alkanes of at least 4 members (excludes halogenated alkanes) is 1. The Bertz CT molecular complexity index is 448. The first kappa shape index (κ1) is 12.8. The molecule has 0 amide bonds. The van der Waals surface area contributed by atoms with Crippen molar-refractivity contribution >= 4 is 0 Å².